The molecule has 9 aromatic carbocycles. The first kappa shape index (κ1) is 49.3. The van der Waals surface area contributed by atoms with Crippen LogP contribution in [0.5, 0.6) is 0 Å². The topological polar surface area (TPSA) is 9.86 Å². The Kier molecular flexibility index (Phi) is 9.89. The van der Waals surface area contributed by atoms with Gasteiger partial charge in [-0.1, -0.05) is 209 Å². The fraction of sp³-hybridized carbons (Fsp3) is 0.316. The highest BCUT2D eigenvalue weighted by Gasteiger charge is 2.55. The minimum atomic E-state index is -0.541. The summed E-state index contributed by atoms with van der Waals surface area (Å²) >= 11 is 0. The molecule has 3 aliphatic carbocycles. The van der Waals surface area contributed by atoms with E-state index < -0.39 is 5.41 Å². The first-order valence-corrected chi connectivity index (χ1v) is 31.3. The Bertz CT molecular complexity index is 4530. The van der Waals surface area contributed by atoms with Crippen LogP contribution in [0.25, 0.3) is 88.4 Å². The Labute approximate surface area is 485 Å². The lowest BCUT2D eigenvalue weighted by atomic mass is 9.33. The molecule has 0 unspecified atom stereocenters. The van der Waals surface area contributed by atoms with Crippen LogP contribution in [0.4, 0.5) is 0 Å². The lowest BCUT2D eigenvalue weighted by Gasteiger charge is -2.44. The third kappa shape index (κ3) is 6.55. The minimum Gasteiger partial charge on any atom is -0.310 e. The van der Waals surface area contributed by atoms with Gasteiger partial charge in [0.1, 0.15) is 0 Å². The van der Waals surface area contributed by atoms with Gasteiger partial charge >= 0.3 is 0 Å². The van der Waals surface area contributed by atoms with Crippen LogP contribution < -0.4 is 16.4 Å². The molecule has 2 aromatic heterocycles. The summed E-state index contributed by atoms with van der Waals surface area (Å²) in [6.07, 6.45) is 9.98. The third-order valence-electron chi connectivity index (χ3n) is 22.0. The van der Waals surface area contributed by atoms with Crippen LogP contribution in [0, 0.1) is 10.8 Å². The van der Waals surface area contributed by atoms with Gasteiger partial charge in [0.05, 0.1) is 22.1 Å². The first-order valence-electron chi connectivity index (χ1n) is 31.3. The molecule has 82 heavy (non-hydrogen) atoms. The molecule has 0 radical (unpaired) electrons. The normalized spacial score (nSPS) is 18.1. The molecular weight excluding hydrogens is 988 g/mol. The molecule has 2 nitrogen and oxygen atoms in total. The van der Waals surface area contributed by atoms with Crippen LogP contribution in [-0.4, -0.2) is 15.8 Å². The summed E-state index contributed by atoms with van der Waals surface area (Å²) in [5, 5.41) is 6.92. The predicted octanol–water partition coefficient (Wildman–Crippen LogP) is 19.0. The second-order valence-electron chi connectivity index (χ2n) is 30.0. The zero-order valence-electron chi connectivity index (χ0n) is 49.9. The number of hydrogen-bond acceptors (Lipinski definition) is 0. The Morgan fingerprint density at radius 1 is 0.439 bits per heavy atom. The quantitative estimate of drug-likeness (QED) is 0.156. The molecular formula is C79H75BN2. The largest absolute Gasteiger partial charge is 0.310 e. The highest BCUT2D eigenvalue weighted by atomic mass is 15.1. The number of nitrogens with zero attached hydrogens (tertiary/aromatic N) is 2. The van der Waals surface area contributed by atoms with Gasteiger partial charge in [0.15, 0.2) is 0 Å². The van der Waals surface area contributed by atoms with Gasteiger partial charge in [-0.05, 0) is 203 Å². The van der Waals surface area contributed by atoms with Crippen molar-refractivity contribution in [2.75, 3.05) is 0 Å². The standard InChI is InChI=1S/C79H75BN2/c1-75(2,3)53-27-23-48(24-28-53)67-60-41-50-17-11-12-18-55(50)68-73(60)81(70(67)49-25-29-54(30-26-49)76(4,5)6)66-32-31-63-74-69(66)80(68)65-45-52(47-35-39-78(9,10)40-36-47)43-59-58-42-51(46-33-37-77(7,8)38-34-46)44-64(71(58)82(74)72(59)65)79(63)61-21-15-13-19-56(61)57-20-14-16-22-62(57)79/h11-32,41-47H,33-40H2,1-10H3. The molecule has 1 spiro atoms. The van der Waals surface area contributed by atoms with Gasteiger partial charge in [-0.3, -0.25) is 0 Å². The molecule has 404 valence electrons. The van der Waals surface area contributed by atoms with Crippen LogP contribution in [-0.2, 0) is 16.2 Å². The summed E-state index contributed by atoms with van der Waals surface area (Å²) in [4.78, 5) is 0. The molecule has 0 saturated heterocycles. The number of fused-ring (bicyclic) bond motifs is 13. The summed E-state index contributed by atoms with van der Waals surface area (Å²) in [6, 6.07) is 66.7. The zero-order chi connectivity index (χ0) is 55.7. The van der Waals surface area contributed by atoms with E-state index in [1.807, 2.05) is 0 Å². The summed E-state index contributed by atoms with van der Waals surface area (Å²) in [5.41, 5.74) is 31.0. The molecule has 6 aliphatic rings. The van der Waals surface area contributed by atoms with Crippen molar-refractivity contribution < 1.29 is 0 Å². The molecule has 0 N–H and O–H groups in total. The molecule has 3 heteroatoms. The summed E-state index contributed by atoms with van der Waals surface area (Å²) in [7, 11) is 0. The van der Waals surface area contributed by atoms with Crippen molar-refractivity contribution in [1.82, 2.24) is 9.13 Å². The van der Waals surface area contributed by atoms with E-state index in [4.69, 9.17) is 0 Å². The van der Waals surface area contributed by atoms with Crippen molar-refractivity contribution in [2.45, 2.75) is 149 Å². The molecule has 2 saturated carbocycles. The van der Waals surface area contributed by atoms with Gasteiger partial charge in [-0.25, -0.2) is 0 Å². The second kappa shape index (κ2) is 16.5. The maximum absolute atomic E-state index is 2.87. The smallest absolute Gasteiger partial charge is 0.253 e. The molecule has 3 aliphatic heterocycles. The van der Waals surface area contributed by atoms with E-state index in [0.29, 0.717) is 22.7 Å². The number of rotatable bonds is 4. The summed E-state index contributed by atoms with van der Waals surface area (Å²) in [5.74, 6) is 1.03. The van der Waals surface area contributed by atoms with E-state index in [1.165, 1.54) is 190 Å². The maximum Gasteiger partial charge on any atom is 0.253 e. The van der Waals surface area contributed by atoms with E-state index in [9.17, 15) is 0 Å². The van der Waals surface area contributed by atoms with Gasteiger partial charge in [0.2, 0.25) is 0 Å². The van der Waals surface area contributed by atoms with Crippen molar-refractivity contribution in [2.24, 2.45) is 10.8 Å². The van der Waals surface area contributed by atoms with E-state index in [1.54, 1.807) is 11.1 Å². The molecule has 0 atom stereocenters. The fourth-order valence-electron chi connectivity index (χ4n) is 17.6. The summed E-state index contributed by atoms with van der Waals surface area (Å²) in [6.45, 7) is 24.0. The molecule has 0 bridgehead atoms. The molecule has 5 heterocycles. The Hall–Kier alpha value is -7.36. The number of hydrogen-bond donors (Lipinski definition) is 0. The van der Waals surface area contributed by atoms with E-state index in [2.05, 4.69) is 242 Å². The van der Waals surface area contributed by atoms with Crippen molar-refractivity contribution >= 4 is 66.6 Å². The highest BCUT2D eigenvalue weighted by Crippen LogP contribution is 2.63. The zero-order valence-corrected chi connectivity index (χ0v) is 49.9. The highest BCUT2D eigenvalue weighted by molar-refractivity contribution is 7.01. The third-order valence-corrected chi connectivity index (χ3v) is 22.0. The lowest BCUT2D eigenvalue weighted by Crippen LogP contribution is -2.60. The van der Waals surface area contributed by atoms with Gasteiger partial charge in [-0.15, -0.1) is 0 Å². The van der Waals surface area contributed by atoms with E-state index in [0.717, 1.165) is 0 Å². The molecule has 2 fully saturated rings. The molecule has 17 rings (SSSR count). The molecule has 11 aromatic rings. The van der Waals surface area contributed by atoms with Gasteiger partial charge in [0.25, 0.3) is 6.71 Å². The van der Waals surface area contributed by atoms with Crippen molar-refractivity contribution in [3.8, 4) is 44.9 Å². The maximum atomic E-state index is 2.87. The predicted molar refractivity (Wildman–Crippen MR) is 349 cm³/mol. The fourth-order valence-corrected chi connectivity index (χ4v) is 17.6. The van der Waals surface area contributed by atoms with Crippen LogP contribution >= 0.6 is 0 Å². The monoisotopic (exact) mass is 1060 g/mol. The van der Waals surface area contributed by atoms with Crippen molar-refractivity contribution in [3.05, 3.63) is 208 Å². The van der Waals surface area contributed by atoms with Crippen molar-refractivity contribution in [1.29, 1.82) is 0 Å². The van der Waals surface area contributed by atoms with Crippen LogP contribution in [0.3, 0.4) is 0 Å². The Morgan fingerprint density at radius 2 is 0.976 bits per heavy atom. The number of aromatic nitrogens is 2. The van der Waals surface area contributed by atoms with Crippen LogP contribution in [0.1, 0.15) is 177 Å². The van der Waals surface area contributed by atoms with Gasteiger partial charge in [-0.2, -0.15) is 0 Å². The van der Waals surface area contributed by atoms with E-state index in [-0.39, 0.29) is 17.5 Å². The average molecular weight is 1060 g/mol. The summed E-state index contributed by atoms with van der Waals surface area (Å²) < 4.78 is 5.65. The van der Waals surface area contributed by atoms with Gasteiger partial charge in [0, 0.05) is 38.6 Å². The van der Waals surface area contributed by atoms with Crippen molar-refractivity contribution in [3.63, 3.8) is 0 Å². The minimum absolute atomic E-state index is 0.0157. The van der Waals surface area contributed by atoms with Crippen LogP contribution in [0.15, 0.2) is 164 Å². The molecule has 0 amide bonds. The lowest BCUT2D eigenvalue weighted by molar-refractivity contribution is 0.224. The Morgan fingerprint density at radius 3 is 1.57 bits per heavy atom. The first-order chi connectivity index (χ1) is 39.4. The number of benzene rings is 9. The van der Waals surface area contributed by atoms with Crippen LogP contribution in [0.2, 0.25) is 0 Å². The van der Waals surface area contributed by atoms with Gasteiger partial charge < -0.3 is 9.13 Å². The average Bonchev–Trinajstić information content (AvgIpc) is 1.43. The second-order valence-corrected chi connectivity index (χ2v) is 30.0. The van der Waals surface area contributed by atoms with E-state index >= 15 is 0 Å². The Balaban J connectivity index is 1.07. The SMILES string of the molecule is CC1(C)CCC(c2cc3c4c(c2)c2cc(C5CCC(C)(C)CC5)cc5c2n4-c2c(ccc4c2B3c2c3ccccc3cc3c(-c6ccc(C(C)(C)C)cc6)c(-c6ccc(C(C)(C)C)cc6)n-4c23)C52c3ccccc3-c3ccccc32)CC1.